The topological polar surface area (TPSA) is 78.5 Å². The van der Waals surface area contributed by atoms with Gasteiger partial charge in [-0.25, -0.2) is 18.1 Å². The van der Waals surface area contributed by atoms with Crippen LogP contribution in [0.5, 0.6) is 0 Å². The van der Waals surface area contributed by atoms with Crippen molar-refractivity contribution >= 4 is 15.9 Å². The summed E-state index contributed by atoms with van der Waals surface area (Å²) in [6.45, 7) is 0.143. The number of carbonyl (C=O) groups is 1. The maximum Gasteiger partial charge on any atom is 0.265 e. The van der Waals surface area contributed by atoms with Gasteiger partial charge in [0, 0.05) is 18.2 Å². The first-order valence-corrected chi connectivity index (χ1v) is 9.22. The second-order valence-corrected chi connectivity index (χ2v) is 7.20. The van der Waals surface area contributed by atoms with Gasteiger partial charge in [0.2, 0.25) is 10.0 Å². The highest BCUT2D eigenvalue weighted by Crippen LogP contribution is 2.08. The van der Waals surface area contributed by atoms with Gasteiger partial charge in [-0.3, -0.25) is 10.2 Å². The molecule has 0 unspecified atom stereocenters. The Morgan fingerprint density at radius 2 is 1.64 bits per heavy atom. The molecule has 7 heteroatoms. The number of hydrogen-bond donors (Lipinski definition) is 2. The highest BCUT2D eigenvalue weighted by Gasteiger charge is 2.19. The third kappa shape index (κ3) is 5.64. The smallest absolute Gasteiger partial charge is 0.265 e. The first-order valence-electron chi connectivity index (χ1n) is 7.62. The minimum atomic E-state index is -3.65. The third-order valence-corrected chi connectivity index (χ3v) is 5.00. The lowest BCUT2D eigenvalue weighted by Gasteiger charge is -2.18. The van der Waals surface area contributed by atoms with E-state index in [0.29, 0.717) is 5.56 Å². The number of benzene rings is 2. The second kappa shape index (κ2) is 8.87. The van der Waals surface area contributed by atoms with Crippen molar-refractivity contribution in [1.29, 1.82) is 0 Å². The van der Waals surface area contributed by atoms with Crippen LogP contribution in [-0.2, 0) is 16.6 Å². The van der Waals surface area contributed by atoms with Gasteiger partial charge < -0.3 is 0 Å². The van der Waals surface area contributed by atoms with Crippen molar-refractivity contribution in [2.75, 3.05) is 12.3 Å². The maximum absolute atomic E-state index is 12.3. The van der Waals surface area contributed by atoms with Crippen molar-refractivity contribution in [3.8, 4) is 12.5 Å². The summed E-state index contributed by atoms with van der Waals surface area (Å²) in [5.41, 5.74) is 6.34. The molecule has 0 aliphatic carbocycles. The summed E-state index contributed by atoms with van der Waals surface area (Å²) in [4.78, 5) is 11.8. The van der Waals surface area contributed by atoms with Crippen molar-refractivity contribution in [3.63, 3.8) is 0 Å². The predicted octanol–water partition coefficient (Wildman–Crippen LogP) is 1.34. The molecule has 2 aromatic carbocycles. The minimum absolute atomic E-state index is 0.0356. The first kappa shape index (κ1) is 18.5. The van der Waals surface area contributed by atoms with E-state index < -0.39 is 10.0 Å². The van der Waals surface area contributed by atoms with E-state index in [1.165, 1.54) is 0 Å². The molecule has 130 valence electrons. The number of hydrogen-bond acceptors (Lipinski definition) is 4. The van der Waals surface area contributed by atoms with E-state index in [1.807, 2.05) is 18.2 Å². The van der Waals surface area contributed by atoms with Crippen molar-refractivity contribution in [1.82, 2.24) is 15.2 Å². The number of hydrazine groups is 1. The fourth-order valence-electron chi connectivity index (χ4n) is 2.07. The summed E-state index contributed by atoms with van der Waals surface area (Å²) in [6.07, 6.45) is 5.34. The number of sulfonamides is 1. The van der Waals surface area contributed by atoms with Crippen LogP contribution in [0, 0.1) is 12.5 Å². The van der Waals surface area contributed by atoms with Crippen LogP contribution < -0.4 is 10.9 Å². The molecule has 0 fully saturated rings. The standard InChI is InChI=1S/C18H19N3O3S/c1-2-21(15-16-9-5-3-6-10-16)25(23,24)14-13-19-20-18(22)17-11-7-4-8-12-17/h1,3-12,19H,13-15H2,(H,20,22). The predicted molar refractivity (Wildman–Crippen MR) is 96.5 cm³/mol. The van der Waals surface area contributed by atoms with Crippen LogP contribution in [0.2, 0.25) is 0 Å². The molecule has 0 radical (unpaired) electrons. The monoisotopic (exact) mass is 357 g/mol. The summed E-state index contributed by atoms with van der Waals surface area (Å²) >= 11 is 0. The minimum Gasteiger partial charge on any atom is -0.287 e. The zero-order valence-electron chi connectivity index (χ0n) is 13.6. The zero-order valence-corrected chi connectivity index (χ0v) is 14.4. The Morgan fingerprint density at radius 1 is 1.04 bits per heavy atom. The van der Waals surface area contributed by atoms with E-state index in [4.69, 9.17) is 6.42 Å². The van der Waals surface area contributed by atoms with Gasteiger partial charge in [0.25, 0.3) is 5.91 Å². The van der Waals surface area contributed by atoms with Gasteiger partial charge in [-0.2, -0.15) is 0 Å². The highest BCUT2D eigenvalue weighted by molar-refractivity contribution is 7.89. The van der Waals surface area contributed by atoms with Crippen LogP contribution in [0.1, 0.15) is 15.9 Å². The number of amides is 1. The van der Waals surface area contributed by atoms with Crippen molar-refractivity contribution in [3.05, 3.63) is 71.8 Å². The molecular formula is C18H19N3O3S. The maximum atomic E-state index is 12.3. The molecule has 0 saturated carbocycles. The number of rotatable bonds is 8. The summed E-state index contributed by atoms with van der Waals surface area (Å²) < 4.78 is 25.6. The Kier molecular flexibility index (Phi) is 6.57. The Labute approximate surface area is 147 Å². The molecule has 0 atom stereocenters. The van der Waals surface area contributed by atoms with Crippen molar-refractivity contribution < 1.29 is 13.2 Å². The Balaban J connectivity index is 1.84. The van der Waals surface area contributed by atoms with Gasteiger partial charge in [0.1, 0.15) is 0 Å². The van der Waals surface area contributed by atoms with E-state index >= 15 is 0 Å². The molecule has 0 spiro atoms. The van der Waals surface area contributed by atoms with Crippen molar-refractivity contribution in [2.45, 2.75) is 6.54 Å². The average Bonchev–Trinajstić information content (AvgIpc) is 2.64. The quantitative estimate of drug-likeness (QED) is 0.323. The lowest BCUT2D eigenvalue weighted by atomic mass is 10.2. The molecule has 0 heterocycles. The zero-order chi connectivity index (χ0) is 18.1. The molecule has 25 heavy (non-hydrogen) atoms. The van der Waals surface area contributed by atoms with Gasteiger partial charge in [0.15, 0.2) is 0 Å². The normalized spacial score (nSPS) is 10.7. The number of nitrogens with zero attached hydrogens (tertiary/aromatic N) is 1. The molecule has 0 aromatic heterocycles. The second-order valence-electron chi connectivity index (χ2n) is 5.18. The van der Waals surface area contributed by atoms with Crippen molar-refractivity contribution in [2.24, 2.45) is 0 Å². The molecule has 6 nitrogen and oxygen atoms in total. The van der Waals surface area contributed by atoms with Gasteiger partial charge in [0.05, 0.1) is 12.3 Å². The SMILES string of the molecule is C#CN(Cc1ccccc1)S(=O)(=O)CCNNC(=O)c1ccccc1. The van der Waals surface area contributed by atoms with Crippen LogP contribution in [0.3, 0.4) is 0 Å². The molecule has 0 bridgehead atoms. The largest absolute Gasteiger partial charge is 0.287 e. The summed E-state index contributed by atoms with van der Waals surface area (Å²) in [7, 11) is -3.65. The number of carbonyl (C=O) groups excluding carboxylic acids is 1. The van der Waals surface area contributed by atoms with Crippen LogP contribution >= 0.6 is 0 Å². The van der Waals surface area contributed by atoms with Gasteiger partial charge in [-0.15, -0.1) is 0 Å². The Bertz CT molecular complexity index is 831. The lowest BCUT2D eigenvalue weighted by Crippen LogP contribution is -2.41. The number of terminal acetylenes is 1. The Morgan fingerprint density at radius 3 is 2.24 bits per heavy atom. The van der Waals surface area contributed by atoms with E-state index in [0.717, 1.165) is 9.87 Å². The molecule has 2 N–H and O–H groups in total. The fourth-order valence-corrected chi connectivity index (χ4v) is 3.15. The van der Waals surface area contributed by atoms with Gasteiger partial charge in [-0.1, -0.05) is 55.0 Å². The molecular weight excluding hydrogens is 338 g/mol. The van der Waals surface area contributed by atoms with Crippen LogP contribution in [-0.4, -0.2) is 30.9 Å². The van der Waals surface area contributed by atoms with Crippen LogP contribution in [0.4, 0.5) is 0 Å². The molecule has 0 aliphatic rings. The van der Waals surface area contributed by atoms with E-state index in [-0.39, 0.29) is 24.7 Å². The van der Waals surface area contributed by atoms with Crippen LogP contribution in [0.25, 0.3) is 0 Å². The van der Waals surface area contributed by atoms with Gasteiger partial charge >= 0.3 is 0 Å². The summed E-state index contributed by atoms with van der Waals surface area (Å²) in [6, 6.07) is 19.9. The molecule has 1 amide bonds. The third-order valence-electron chi connectivity index (χ3n) is 3.37. The van der Waals surface area contributed by atoms with E-state index in [2.05, 4.69) is 16.9 Å². The molecule has 2 aromatic rings. The summed E-state index contributed by atoms with van der Waals surface area (Å²) in [5, 5.41) is 0. The van der Waals surface area contributed by atoms with Gasteiger partial charge in [-0.05, 0) is 17.7 Å². The molecule has 0 aliphatic heterocycles. The molecule has 2 rings (SSSR count). The highest BCUT2D eigenvalue weighted by atomic mass is 32.2. The lowest BCUT2D eigenvalue weighted by molar-refractivity contribution is 0.0934. The van der Waals surface area contributed by atoms with E-state index in [9.17, 15) is 13.2 Å². The molecule has 0 saturated heterocycles. The Hall–Kier alpha value is -2.82. The van der Waals surface area contributed by atoms with Crippen LogP contribution in [0.15, 0.2) is 60.7 Å². The average molecular weight is 357 g/mol. The summed E-state index contributed by atoms with van der Waals surface area (Å²) in [5.74, 6) is -0.574. The van der Waals surface area contributed by atoms with E-state index in [1.54, 1.807) is 42.5 Å². The number of nitrogens with one attached hydrogen (secondary N) is 2. The fraction of sp³-hybridized carbons (Fsp3) is 0.167. The first-order chi connectivity index (χ1) is 12.0.